The van der Waals surface area contributed by atoms with Crippen molar-refractivity contribution in [3.63, 3.8) is 0 Å². The summed E-state index contributed by atoms with van der Waals surface area (Å²) in [4.78, 5) is 24.8. The Balaban J connectivity index is 1.59. The first kappa shape index (κ1) is 19.5. The van der Waals surface area contributed by atoms with Crippen molar-refractivity contribution >= 4 is 16.9 Å². The van der Waals surface area contributed by atoms with Crippen LogP contribution in [0.15, 0.2) is 63.8 Å². The Kier molecular flexibility index (Phi) is 5.39. The second-order valence-electron chi connectivity index (χ2n) is 6.19. The first-order valence-corrected chi connectivity index (χ1v) is 8.29. The van der Waals surface area contributed by atoms with E-state index in [4.69, 9.17) is 9.15 Å². The Morgan fingerprint density at radius 2 is 1.75 bits per heavy atom. The van der Waals surface area contributed by atoms with Gasteiger partial charge in [-0.15, -0.1) is 0 Å². The highest BCUT2D eigenvalue weighted by atomic mass is 19.4. The molecule has 0 atom stereocenters. The van der Waals surface area contributed by atoms with Crippen LogP contribution in [0.4, 0.5) is 13.2 Å². The van der Waals surface area contributed by atoms with Gasteiger partial charge in [-0.1, -0.05) is 12.1 Å². The molecule has 1 aromatic heterocycles. The maximum atomic E-state index is 12.6. The number of carbonyl (C=O) groups is 1. The van der Waals surface area contributed by atoms with E-state index in [-0.39, 0.29) is 19.1 Å². The molecule has 28 heavy (non-hydrogen) atoms. The standard InChI is InChI=1S/C20H16F3NO4/c1-24(11-13-2-6-15(7-3-13)20(21,22)23)18(25)12-27-16-8-4-14-5-9-19(26)28-17(14)10-16/h2-10H,11-12H2,1H3. The van der Waals surface area contributed by atoms with E-state index in [0.717, 1.165) is 17.5 Å². The molecule has 1 amide bonds. The minimum atomic E-state index is -4.40. The van der Waals surface area contributed by atoms with Gasteiger partial charge in [-0.3, -0.25) is 4.79 Å². The number of hydrogen-bond donors (Lipinski definition) is 0. The van der Waals surface area contributed by atoms with Crippen LogP contribution in [0, 0.1) is 0 Å². The Labute approximate surface area is 157 Å². The maximum Gasteiger partial charge on any atom is 0.416 e. The van der Waals surface area contributed by atoms with Gasteiger partial charge in [-0.2, -0.15) is 13.2 Å². The molecule has 0 N–H and O–H groups in total. The smallest absolute Gasteiger partial charge is 0.416 e. The lowest BCUT2D eigenvalue weighted by Gasteiger charge is -2.18. The molecule has 3 rings (SSSR count). The van der Waals surface area contributed by atoms with Crippen molar-refractivity contribution in [2.24, 2.45) is 0 Å². The van der Waals surface area contributed by atoms with Crippen LogP contribution < -0.4 is 10.4 Å². The quantitative estimate of drug-likeness (QED) is 0.620. The van der Waals surface area contributed by atoms with Crippen molar-refractivity contribution in [2.45, 2.75) is 12.7 Å². The van der Waals surface area contributed by atoms with Crippen molar-refractivity contribution in [3.05, 3.63) is 76.1 Å². The molecule has 0 aliphatic heterocycles. The molecule has 0 aliphatic carbocycles. The van der Waals surface area contributed by atoms with Gasteiger partial charge in [0.2, 0.25) is 0 Å². The average molecular weight is 391 g/mol. The minimum absolute atomic E-state index is 0.146. The van der Waals surface area contributed by atoms with Crippen LogP contribution in [0.5, 0.6) is 5.75 Å². The van der Waals surface area contributed by atoms with Crippen molar-refractivity contribution in [1.29, 1.82) is 0 Å². The molecule has 1 heterocycles. The molecule has 0 spiro atoms. The zero-order valence-corrected chi connectivity index (χ0v) is 14.8. The van der Waals surface area contributed by atoms with Gasteiger partial charge in [0.25, 0.3) is 5.91 Å². The van der Waals surface area contributed by atoms with Gasteiger partial charge in [0.05, 0.1) is 5.56 Å². The molecule has 146 valence electrons. The molecule has 0 radical (unpaired) electrons. The third-order valence-electron chi connectivity index (χ3n) is 4.08. The normalized spacial score (nSPS) is 11.4. The zero-order valence-electron chi connectivity index (χ0n) is 14.8. The number of fused-ring (bicyclic) bond motifs is 1. The summed E-state index contributed by atoms with van der Waals surface area (Å²) in [7, 11) is 1.53. The number of halogens is 3. The van der Waals surface area contributed by atoms with E-state index in [1.54, 1.807) is 18.2 Å². The Morgan fingerprint density at radius 3 is 2.43 bits per heavy atom. The molecule has 0 saturated heterocycles. The molecular formula is C20H16F3NO4. The first-order valence-electron chi connectivity index (χ1n) is 8.29. The molecular weight excluding hydrogens is 375 g/mol. The molecule has 0 aliphatic rings. The van der Waals surface area contributed by atoms with Crippen LogP contribution >= 0.6 is 0 Å². The van der Waals surface area contributed by atoms with Gasteiger partial charge in [-0.25, -0.2) is 4.79 Å². The summed E-state index contributed by atoms with van der Waals surface area (Å²) in [5.74, 6) is 0.00707. The molecule has 0 unspecified atom stereocenters. The van der Waals surface area contributed by atoms with Crippen LogP contribution in [0.1, 0.15) is 11.1 Å². The van der Waals surface area contributed by atoms with Gasteiger partial charge in [0, 0.05) is 31.1 Å². The summed E-state index contributed by atoms with van der Waals surface area (Å²) in [5.41, 5.74) is -0.319. The number of amides is 1. The first-order chi connectivity index (χ1) is 13.2. The van der Waals surface area contributed by atoms with Crippen molar-refractivity contribution in [2.75, 3.05) is 13.7 Å². The molecule has 0 bridgehead atoms. The SMILES string of the molecule is CN(Cc1ccc(C(F)(F)F)cc1)C(=O)COc1ccc2ccc(=O)oc2c1. The van der Waals surface area contributed by atoms with Crippen LogP contribution in [0.25, 0.3) is 11.0 Å². The molecule has 2 aromatic carbocycles. The van der Waals surface area contributed by atoms with Crippen LogP contribution in [0.2, 0.25) is 0 Å². The molecule has 8 heteroatoms. The van der Waals surface area contributed by atoms with Gasteiger partial charge < -0.3 is 14.1 Å². The van der Waals surface area contributed by atoms with Gasteiger partial charge >= 0.3 is 11.8 Å². The molecule has 0 saturated carbocycles. The topological polar surface area (TPSA) is 59.8 Å². The Bertz CT molecular complexity index is 1040. The van der Waals surface area contributed by atoms with Gasteiger partial charge in [0.1, 0.15) is 11.3 Å². The lowest BCUT2D eigenvalue weighted by molar-refractivity contribution is -0.137. The van der Waals surface area contributed by atoms with Crippen LogP contribution in [0.3, 0.4) is 0 Å². The predicted octanol–water partition coefficient (Wildman–Crippen LogP) is 3.85. The fourth-order valence-electron chi connectivity index (χ4n) is 2.55. The van der Waals surface area contributed by atoms with E-state index < -0.39 is 17.4 Å². The van der Waals surface area contributed by atoms with E-state index >= 15 is 0 Å². The summed E-state index contributed by atoms with van der Waals surface area (Å²) in [5, 5.41) is 0.720. The highest BCUT2D eigenvalue weighted by molar-refractivity contribution is 5.79. The van der Waals surface area contributed by atoms with E-state index in [1.165, 1.54) is 36.2 Å². The lowest BCUT2D eigenvalue weighted by Crippen LogP contribution is -2.31. The number of nitrogens with zero attached hydrogens (tertiary/aromatic N) is 1. The molecule has 3 aromatic rings. The number of benzene rings is 2. The molecule has 5 nitrogen and oxygen atoms in total. The number of hydrogen-bond acceptors (Lipinski definition) is 4. The largest absolute Gasteiger partial charge is 0.484 e. The second-order valence-corrected chi connectivity index (χ2v) is 6.19. The number of likely N-dealkylation sites (N-methyl/N-ethyl adjacent to an activating group) is 1. The highest BCUT2D eigenvalue weighted by Gasteiger charge is 2.30. The average Bonchev–Trinajstić information content (AvgIpc) is 2.65. The zero-order chi connectivity index (χ0) is 20.3. The number of ether oxygens (including phenoxy) is 1. The van der Waals surface area contributed by atoms with E-state index in [0.29, 0.717) is 16.9 Å². The van der Waals surface area contributed by atoms with Crippen molar-refractivity contribution in [1.82, 2.24) is 4.90 Å². The third-order valence-corrected chi connectivity index (χ3v) is 4.08. The fraction of sp³-hybridized carbons (Fsp3) is 0.200. The summed E-state index contributed by atoms with van der Waals surface area (Å²) in [6.07, 6.45) is -4.40. The van der Waals surface area contributed by atoms with Crippen LogP contribution in [-0.4, -0.2) is 24.5 Å². The van der Waals surface area contributed by atoms with Crippen LogP contribution in [-0.2, 0) is 17.5 Å². The Hall–Kier alpha value is -3.29. The Morgan fingerprint density at radius 1 is 1.07 bits per heavy atom. The summed E-state index contributed by atoms with van der Waals surface area (Å²) in [6.45, 7) is -0.118. The minimum Gasteiger partial charge on any atom is -0.484 e. The number of alkyl halides is 3. The number of carbonyl (C=O) groups excluding carboxylic acids is 1. The summed E-state index contributed by atoms with van der Waals surface area (Å²) < 4.78 is 48.3. The van der Waals surface area contributed by atoms with E-state index in [9.17, 15) is 22.8 Å². The highest BCUT2D eigenvalue weighted by Crippen LogP contribution is 2.29. The monoisotopic (exact) mass is 391 g/mol. The maximum absolute atomic E-state index is 12.6. The molecule has 0 fully saturated rings. The summed E-state index contributed by atoms with van der Waals surface area (Å²) in [6, 6.07) is 12.4. The fourth-order valence-corrected chi connectivity index (χ4v) is 2.55. The van der Waals surface area contributed by atoms with Crippen molar-refractivity contribution < 1.29 is 27.1 Å². The van der Waals surface area contributed by atoms with Gasteiger partial charge in [0.15, 0.2) is 6.61 Å². The third kappa shape index (κ3) is 4.70. The number of rotatable bonds is 5. The lowest BCUT2D eigenvalue weighted by atomic mass is 10.1. The predicted molar refractivity (Wildman–Crippen MR) is 95.9 cm³/mol. The van der Waals surface area contributed by atoms with E-state index in [1.807, 2.05) is 0 Å². The van der Waals surface area contributed by atoms with Crippen molar-refractivity contribution in [3.8, 4) is 5.75 Å². The summed E-state index contributed by atoms with van der Waals surface area (Å²) >= 11 is 0. The second kappa shape index (κ2) is 7.75. The van der Waals surface area contributed by atoms with Gasteiger partial charge in [-0.05, 0) is 35.9 Å². The van der Waals surface area contributed by atoms with E-state index in [2.05, 4.69) is 0 Å².